The fourth-order valence-corrected chi connectivity index (χ4v) is 2.87. The molecule has 2 rings (SSSR count). The van der Waals surface area contributed by atoms with Crippen LogP contribution < -0.4 is 10.5 Å². The van der Waals surface area contributed by atoms with Gasteiger partial charge in [-0.25, -0.2) is 0 Å². The number of carbonyl (C=O) groups is 2. The molecule has 0 saturated heterocycles. The minimum absolute atomic E-state index is 0. The second-order valence-corrected chi connectivity index (χ2v) is 7.04. The first-order valence-corrected chi connectivity index (χ1v) is 8.88. The lowest BCUT2D eigenvalue weighted by Crippen LogP contribution is -2.15. The minimum Gasteiger partial charge on any atom is -0.506 e. The van der Waals surface area contributed by atoms with Crippen molar-refractivity contribution in [2.24, 2.45) is 11.7 Å². The van der Waals surface area contributed by atoms with Gasteiger partial charge in [0.2, 0.25) is 5.91 Å². The number of carbonyl (C=O) groups excluding carboxylic acids is 2. The van der Waals surface area contributed by atoms with Crippen LogP contribution in [0.4, 0.5) is 13.2 Å². The maximum atomic E-state index is 13.5. The number of amides is 1. The standard InChI is InChI=1S/C21H22F3NO4.ClH/c1-11(2)19(27)15-6-7-16(18(20(15)28)21(22,23)24)29-10-13-4-5-14(9-17(25)26)12(3)8-13;/h4-8,11,28H,9-10H2,1-3H3,(H2,25,26);1H. The lowest BCUT2D eigenvalue weighted by Gasteiger charge is -2.18. The number of rotatable bonds is 7. The summed E-state index contributed by atoms with van der Waals surface area (Å²) in [7, 11) is 0. The summed E-state index contributed by atoms with van der Waals surface area (Å²) in [6.45, 7) is 4.62. The fourth-order valence-electron chi connectivity index (χ4n) is 2.87. The summed E-state index contributed by atoms with van der Waals surface area (Å²) in [5.74, 6) is -3.37. The summed E-state index contributed by atoms with van der Waals surface area (Å²) < 4.78 is 45.9. The molecule has 0 aromatic heterocycles. The number of primary amides is 1. The monoisotopic (exact) mass is 445 g/mol. The number of alkyl halides is 3. The van der Waals surface area contributed by atoms with Crippen LogP contribution in [-0.4, -0.2) is 16.8 Å². The molecule has 9 heteroatoms. The van der Waals surface area contributed by atoms with Crippen LogP contribution in [0.5, 0.6) is 11.5 Å². The van der Waals surface area contributed by atoms with E-state index in [1.54, 1.807) is 25.1 Å². The topological polar surface area (TPSA) is 89.6 Å². The number of hydrogen-bond acceptors (Lipinski definition) is 4. The smallest absolute Gasteiger partial charge is 0.423 e. The molecule has 0 unspecified atom stereocenters. The molecule has 2 aromatic carbocycles. The molecule has 5 nitrogen and oxygen atoms in total. The summed E-state index contributed by atoms with van der Waals surface area (Å²) in [5.41, 5.74) is 5.43. The lowest BCUT2D eigenvalue weighted by molar-refractivity contribution is -0.140. The van der Waals surface area contributed by atoms with Gasteiger partial charge in [0.25, 0.3) is 0 Å². The average Bonchev–Trinajstić information content (AvgIpc) is 2.60. The van der Waals surface area contributed by atoms with Crippen LogP contribution in [0.15, 0.2) is 30.3 Å². The van der Waals surface area contributed by atoms with Crippen molar-refractivity contribution in [2.75, 3.05) is 0 Å². The normalized spacial score (nSPS) is 11.2. The van der Waals surface area contributed by atoms with Gasteiger partial charge in [-0.05, 0) is 35.7 Å². The first-order valence-electron chi connectivity index (χ1n) is 8.88. The van der Waals surface area contributed by atoms with Crippen LogP contribution in [0.3, 0.4) is 0 Å². The average molecular weight is 446 g/mol. The van der Waals surface area contributed by atoms with E-state index in [4.69, 9.17) is 10.5 Å². The van der Waals surface area contributed by atoms with Crippen LogP contribution >= 0.6 is 12.4 Å². The minimum atomic E-state index is -4.91. The van der Waals surface area contributed by atoms with Gasteiger partial charge in [0.05, 0.1) is 12.0 Å². The molecule has 0 spiro atoms. The summed E-state index contributed by atoms with van der Waals surface area (Å²) >= 11 is 0. The number of aryl methyl sites for hydroxylation is 1. The van der Waals surface area contributed by atoms with Gasteiger partial charge in [-0.3, -0.25) is 9.59 Å². The molecule has 0 saturated carbocycles. The Morgan fingerprint density at radius 3 is 2.30 bits per heavy atom. The van der Waals surface area contributed by atoms with E-state index in [0.29, 0.717) is 11.1 Å². The third kappa shape index (κ3) is 5.89. The maximum absolute atomic E-state index is 13.5. The van der Waals surface area contributed by atoms with Crippen molar-refractivity contribution in [1.29, 1.82) is 0 Å². The van der Waals surface area contributed by atoms with Crippen molar-refractivity contribution < 1.29 is 32.6 Å². The molecule has 0 atom stereocenters. The number of phenolic OH excluding ortho intramolecular Hbond substituents is 1. The Labute approximate surface area is 178 Å². The fraction of sp³-hybridized carbons (Fsp3) is 0.333. The first kappa shape index (κ1) is 25.3. The molecule has 0 heterocycles. The highest BCUT2D eigenvalue weighted by Gasteiger charge is 2.39. The SMILES string of the molecule is Cc1cc(COc2ccc(C(=O)C(C)C)c(O)c2C(F)(F)F)ccc1CC(N)=O.Cl. The molecule has 0 fully saturated rings. The molecule has 0 aliphatic carbocycles. The van der Waals surface area contributed by atoms with Crippen molar-refractivity contribution in [3.63, 3.8) is 0 Å². The Balaban J connectivity index is 0.00000450. The Morgan fingerprint density at radius 2 is 1.80 bits per heavy atom. The predicted molar refractivity (Wildman–Crippen MR) is 108 cm³/mol. The van der Waals surface area contributed by atoms with Crippen molar-refractivity contribution >= 4 is 24.1 Å². The van der Waals surface area contributed by atoms with E-state index < -0.39 is 46.4 Å². The Morgan fingerprint density at radius 1 is 1.17 bits per heavy atom. The van der Waals surface area contributed by atoms with Crippen LogP contribution in [-0.2, 0) is 24.0 Å². The number of halogens is 4. The van der Waals surface area contributed by atoms with E-state index in [0.717, 1.165) is 17.7 Å². The van der Waals surface area contributed by atoms with E-state index in [2.05, 4.69) is 0 Å². The van der Waals surface area contributed by atoms with E-state index >= 15 is 0 Å². The van der Waals surface area contributed by atoms with Crippen molar-refractivity contribution in [1.82, 2.24) is 0 Å². The number of benzene rings is 2. The van der Waals surface area contributed by atoms with Crippen LogP contribution in [0.25, 0.3) is 0 Å². The second kappa shape index (κ2) is 9.84. The van der Waals surface area contributed by atoms with Crippen molar-refractivity contribution in [2.45, 2.75) is 40.0 Å². The number of phenols is 1. The van der Waals surface area contributed by atoms with Crippen LogP contribution in [0.1, 0.15) is 46.5 Å². The quantitative estimate of drug-likeness (QED) is 0.610. The third-order valence-corrected chi connectivity index (χ3v) is 4.38. The molecule has 0 aliphatic heterocycles. The zero-order valence-electron chi connectivity index (χ0n) is 16.7. The number of ketones is 1. The zero-order valence-corrected chi connectivity index (χ0v) is 17.5. The van der Waals surface area contributed by atoms with Gasteiger partial charge >= 0.3 is 6.18 Å². The van der Waals surface area contributed by atoms with E-state index in [-0.39, 0.29) is 25.4 Å². The number of Topliss-reactive ketones (excluding diaryl/α,β-unsaturated/α-hetero) is 1. The van der Waals surface area contributed by atoms with Crippen LogP contribution in [0.2, 0.25) is 0 Å². The molecule has 0 radical (unpaired) electrons. The Bertz CT molecular complexity index is 943. The van der Waals surface area contributed by atoms with E-state index in [1.165, 1.54) is 13.8 Å². The lowest BCUT2D eigenvalue weighted by atomic mass is 9.97. The predicted octanol–water partition coefficient (Wildman–Crippen LogP) is 4.59. The third-order valence-electron chi connectivity index (χ3n) is 4.38. The van der Waals surface area contributed by atoms with Crippen molar-refractivity contribution in [3.05, 3.63) is 58.1 Å². The molecular formula is C21H23ClF3NO4. The summed E-state index contributed by atoms with van der Waals surface area (Å²) in [6.07, 6.45) is -4.85. The highest BCUT2D eigenvalue weighted by Crippen LogP contribution is 2.44. The van der Waals surface area contributed by atoms with Gasteiger partial charge < -0.3 is 15.6 Å². The number of hydrogen-bond donors (Lipinski definition) is 2. The van der Waals surface area contributed by atoms with Gasteiger partial charge in [-0.2, -0.15) is 13.2 Å². The second-order valence-electron chi connectivity index (χ2n) is 7.04. The summed E-state index contributed by atoms with van der Waals surface area (Å²) in [4.78, 5) is 23.1. The summed E-state index contributed by atoms with van der Waals surface area (Å²) in [5, 5.41) is 10.1. The maximum Gasteiger partial charge on any atom is 0.423 e. The number of aromatic hydroxyl groups is 1. The molecular weight excluding hydrogens is 423 g/mol. The highest BCUT2D eigenvalue weighted by atomic mass is 35.5. The molecule has 164 valence electrons. The van der Waals surface area contributed by atoms with E-state index in [9.17, 15) is 27.9 Å². The number of ether oxygens (including phenoxy) is 1. The number of nitrogens with two attached hydrogens (primary N) is 1. The van der Waals surface area contributed by atoms with Gasteiger partial charge in [0, 0.05) is 5.92 Å². The van der Waals surface area contributed by atoms with E-state index in [1.807, 2.05) is 0 Å². The molecule has 2 aromatic rings. The van der Waals surface area contributed by atoms with Crippen molar-refractivity contribution in [3.8, 4) is 11.5 Å². The van der Waals surface area contributed by atoms with Gasteiger partial charge in [0.1, 0.15) is 23.7 Å². The first-order chi connectivity index (χ1) is 13.4. The Hall–Kier alpha value is -2.74. The van der Waals surface area contributed by atoms with Gasteiger partial charge in [-0.15, -0.1) is 12.4 Å². The highest BCUT2D eigenvalue weighted by molar-refractivity contribution is 6.00. The summed E-state index contributed by atoms with van der Waals surface area (Å²) in [6, 6.07) is 7.12. The zero-order chi connectivity index (χ0) is 21.9. The molecule has 0 bridgehead atoms. The molecule has 0 aliphatic rings. The van der Waals surface area contributed by atoms with Crippen LogP contribution in [0, 0.1) is 12.8 Å². The largest absolute Gasteiger partial charge is 0.506 e. The molecule has 3 N–H and O–H groups in total. The Kier molecular flexibility index (Phi) is 8.30. The molecule has 30 heavy (non-hydrogen) atoms. The van der Waals surface area contributed by atoms with Gasteiger partial charge in [0.15, 0.2) is 5.78 Å². The van der Waals surface area contributed by atoms with Gasteiger partial charge in [-0.1, -0.05) is 32.0 Å². The molecule has 1 amide bonds.